The van der Waals surface area contributed by atoms with Gasteiger partial charge in [-0.3, -0.25) is 4.99 Å². The number of guanidine groups is 1. The number of aliphatic imine (C=N–C) groups is 1. The molecule has 0 aromatic heterocycles. The van der Waals surface area contributed by atoms with Gasteiger partial charge in [0.15, 0.2) is 5.96 Å². The molecule has 1 rings (SSSR count). The Hall–Kier alpha value is -1.00. The average molecular weight is 470 g/mol. The van der Waals surface area contributed by atoms with Crippen molar-refractivity contribution >= 4 is 29.9 Å². The largest absolute Gasteiger partial charge is 0.377 e. The topological polar surface area (TPSA) is 48.9 Å². The first-order valence-corrected chi connectivity index (χ1v) is 7.82. The van der Waals surface area contributed by atoms with Crippen molar-refractivity contribution < 1.29 is 13.5 Å². The summed E-state index contributed by atoms with van der Waals surface area (Å²) >= 11 is 0. The molecule has 1 unspecified atom stereocenters. The lowest BCUT2D eigenvalue weighted by atomic mass is 10.0. The Morgan fingerprint density at radius 1 is 1.24 bits per heavy atom. The Balaban J connectivity index is 0.00000576. The fourth-order valence-corrected chi connectivity index (χ4v) is 2.15. The molecular weight excluding hydrogens is 441 g/mol. The molecule has 0 heterocycles. The first-order chi connectivity index (χ1) is 11.2. The van der Waals surface area contributed by atoms with Gasteiger partial charge in [0.25, 0.3) is 0 Å². The zero-order valence-corrected chi connectivity index (χ0v) is 18.0. The number of benzene rings is 1. The van der Waals surface area contributed by atoms with E-state index in [2.05, 4.69) is 15.6 Å². The van der Waals surface area contributed by atoms with Crippen LogP contribution >= 0.6 is 24.0 Å². The van der Waals surface area contributed by atoms with Crippen LogP contribution in [0.3, 0.4) is 0 Å². The van der Waals surface area contributed by atoms with E-state index in [0.717, 1.165) is 0 Å². The fourth-order valence-electron chi connectivity index (χ4n) is 2.15. The van der Waals surface area contributed by atoms with Gasteiger partial charge < -0.3 is 20.3 Å². The van der Waals surface area contributed by atoms with Crippen LogP contribution < -0.4 is 10.6 Å². The minimum absolute atomic E-state index is 0. The summed E-state index contributed by atoms with van der Waals surface area (Å²) in [6, 6.07) is 3.42. The van der Waals surface area contributed by atoms with Crippen molar-refractivity contribution in [3.63, 3.8) is 0 Å². The highest BCUT2D eigenvalue weighted by Gasteiger charge is 2.23. The summed E-state index contributed by atoms with van der Waals surface area (Å²) in [4.78, 5) is 5.89. The van der Waals surface area contributed by atoms with E-state index in [0.29, 0.717) is 19.0 Å². The Bertz CT molecular complexity index is 547. The van der Waals surface area contributed by atoms with Gasteiger partial charge in [-0.1, -0.05) is 6.07 Å². The van der Waals surface area contributed by atoms with Crippen LogP contribution in [0.5, 0.6) is 0 Å². The number of methoxy groups -OCH3 is 1. The zero-order valence-electron chi connectivity index (χ0n) is 15.7. The van der Waals surface area contributed by atoms with Crippen molar-refractivity contribution in [2.45, 2.75) is 25.5 Å². The number of hydrogen-bond donors (Lipinski definition) is 2. The molecule has 144 valence electrons. The zero-order chi connectivity index (χ0) is 18.3. The number of hydrogen-bond acceptors (Lipinski definition) is 3. The van der Waals surface area contributed by atoms with Crippen molar-refractivity contribution in [3.05, 3.63) is 35.4 Å². The van der Waals surface area contributed by atoms with E-state index in [1.807, 2.05) is 13.8 Å². The van der Waals surface area contributed by atoms with E-state index in [4.69, 9.17) is 4.74 Å². The molecule has 0 fully saturated rings. The summed E-state index contributed by atoms with van der Waals surface area (Å²) in [5, 5.41) is 6.25. The molecule has 8 heteroatoms. The molecular formula is C17H29F2IN4O. The van der Waals surface area contributed by atoms with Crippen LogP contribution in [0.4, 0.5) is 8.78 Å². The van der Waals surface area contributed by atoms with Crippen molar-refractivity contribution in [3.8, 4) is 0 Å². The van der Waals surface area contributed by atoms with Gasteiger partial charge in [-0.25, -0.2) is 8.78 Å². The SMILES string of the molecule is CN=C(NCC(c1c(F)cccc1F)N(C)C)NCC(C)(C)OC.I. The maximum Gasteiger partial charge on any atom is 0.191 e. The van der Waals surface area contributed by atoms with Gasteiger partial charge in [0.05, 0.1) is 11.6 Å². The molecule has 1 atom stereocenters. The third-order valence-electron chi connectivity index (χ3n) is 3.88. The third kappa shape index (κ3) is 7.41. The average Bonchev–Trinajstić information content (AvgIpc) is 2.52. The van der Waals surface area contributed by atoms with Crippen LogP contribution in [0, 0.1) is 11.6 Å². The number of halogens is 3. The van der Waals surface area contributed by atoms with E-state index < -0.39 is 17.7 Å². The highest BCUT2D eigenvalue weighted by Crippen LogP contribution is 2.23. The molecule has 5 nitrogen and oxygen atoms in total. The standard InChI is InChI=1S/C17H28F2N4O.HI/c1-17(2,24-6)11-22-16(20-3)21-10-14(23(4)5)15-12(18)8-7-9-13(15)19;/h7-9,14H,10-11H2,1-6H3,(H2,20,21,22);1H. The molecule has 1 aromatic carbocycles. The molecule has 0 aliphatic carbocycles. The molecule has 0 saturated heterocycles. The van der Waals surface area contributed by atoms with Crippen molar-refractivity contribution in [2.24, 2.45) is 4.99 Å². The summed E-state index contributed by atoms with van der Waals surface area (Å²) < 4.78 is 33.5. The molecule has 0 spiro atoms. The number of rotatable bonds is 7. The van der Waals surface area contributed by atoms with E-state index in [9.17, 15) is 8.78 Å². The van der Waals surface area contributed by atoms with E-state index in [1.165, 1.54) is 18.2 Å². The normalized spacial score (nSPS) is 13.4. The Kier molecular flexibility index (Phi) is 10.4. The summed E-state index contributed by atoms with van der Waals surface area (Å²) in [5.74, 6) is -0.568. The second-order valence-electron chi connectivity index (χ2n) is 6.39. The lowest BCUT2D eigenvalue weighted by Gasteiger charge is -2.28. The summed E-state index contributed by atoms with van der Waals surface area (Å²) in [6.07, 6.45) is 0. The van der Waals surface area contributed by atoms with Crippen molar-refractivity contribution in [1.82, 2.24) is 15.5 Å². The van der Waals surface area contributed by atoms with Gasteiger partial charge in [-0.15, -0.1) is 24.0 Å². The monoisotopic (exact) mass is 470 g/mol. The number of ether oxygens (including phenoxy) is 1. The van der Waals surface area contributed by atoms with Crippen LogP contribution in [0.2, 0.25) is 0 Å². The predicted octanol–water partition coefficient (Wildman–Crippen LogP) is 2.78. The number of nitrogens with one attached hydrogen (secondary N) is 2. The first-order valence-electron chi connectivity index (χ1n) is 7.82. The highest BCUT2D eigenvalue weighted by atomic mass is 127. The molecule has 0 saturated carbocycles. The van der Waals surface area contributed by atoms with Gasteiger partial charge in [0.1, 0.15) is 11.6 Å². The first kappa shape index (κ1) is 24.0. The molecule has 1 aromatic rings. The molecule has 0 aliphatic rings. The lowest BCUT2D eigenvalue weighted by molar-refractivity contribution is 0.0268. The van der Waals surface area contributed by atoms with Gasteiger partial charge in [0.2, 0.25) is 0 Å². The van der Waals surface area contributed by atoms with E-state index in [1.54, 1.807) is 33.2 Å². The minimum atomic E-state index is -0.557. The lowest BCUT2D eigenvalue weighted by Crippen LogP contribution is -2.47. The second kappa shape index (κ2) is 10.9. The van der Waals surface area contributed by atoms with Crippen LogP contribution in [0.1, 0.15) is 25.5 Å². The quantitative estimate of drug-likeness (QED) is 0.366. The fraction of sp³-hybridized carbons (Fsp3) is 0.588. The van der Waals surface area contributed by atoms with Crippen LogP contribution in [-0.4, -0.2) is 57.8 Å². The van der Waals surface area contributed by atoms with Crippen molar-refractivity contribution in [2.75, 3.05) is 41.3 Å². The Morgan fingerprint density at radius 2 is 1.80 bits per heavy atom. The van der Waals surface area contributed by atoms with Crippen LogP contribution in [0.15, 0.2) is 23.2 Å². The Labute approximate surface area is 166 Å². The maximum atomic E-state index is 14.1. The third-order valence-corrected chi connectivity index (χ3v) is 3.88. The Morgan fingerprint density at radius 3 is 2.24 bits per heavy atom. The van der Waals surface area contributed by atoms with Gasteiger partial charge in [-0.05, 0) is 40.1 Å². The molecule has 0 aliphatic heterocycles. The second-order valence-corrected chi connectivity index (χ2v) is 6.39. The summed E-state index contributed by atoms with van der Waals surface area (Å²) in [7, 11) is 6.84. The van der Waals surface area contributed by atoms with E-state index in [-0.39, 0.29) is 35.1 Å². The molecule has 25 heavy (non-hydrogen) atoms. The van der Waals surface area contributed by atoms with Gasteiger partial charge >= 0.3 is 0 Å². The van der Waals surface area contributed by atoms with Gasteiger partial charge in [0, 0.05) is 32.8 Å². The maximum absolute atomic E-state index is 14.1. The van der Waals surface area contributed by atoms with Crippen LogP contribution in [-0.2, 0) is 4.74 Å². The summed E-state index contributed by atoms with van der Waals surface area (Å²) in [5.41, 5.74) is -0.307. The summed E-state index contributed by atoms with van der Waals surface area (Å²) in [6.45, 7) is 4.75. The van der Waals surface area contributed by atoms with Crippen molar-refractivity contribution in [1.29, 1.82) is 0 Å². The molecule has 0 amide bonds. The molecule has 0 radical (unpaired) electrons. The molecule has 2 N–H and O–H groups in total. The smallest absolute Gasteiger partial charge is 0.191 e. The van der Waals surface area contributed by atoms with Gasteiger partial charge in [-0.2, -0.15) is 0 Å². The minimum Gasteiger partial charge on any atom is -0.377 e. The highest BCUT2D eigenvalue weighted by molar-refractivity contribution is 14.0. The van der Waals surface area contributed by atoms with E-state index >= 15 is 0 Å². The molecule has 0 bridgehead atoms. The number of nitrogens with zero attached hydrogens (tertiary/aromatic N) is 2. The van der Waals surface area contributed by atoms with Crippen LogP contribution in [0.25, 0.3) is 0 Å². The predicted molar refractivity (Wildman–Crippen MR) is 109 cm³/mol. The number of likely N-dealkylation sites (N-methyl/N-ethyl adjacent to an activating group) is 1.